The second-order valence-corrected chi connectivity index (χ2v) is 5.67. The molecule has 1 amide bonds. The van der Waals surface area contributed by atoms with Crippen LogP contribution in [-0.2, 0) is 0 Å². The summed E-state index contributed by atoms with van der Waals surface area (Å²) in [7, 11) is 3.98. The van der Waals surface area contributed by atoms with E-state index in [4.69, 9.17) is 9.47 Å². The summed E-state index contributed by atoms with van der Waals surface area (Å²) >= 11 is 0. The summed E-state index contributed by atoms with van der Waals surface area (Å²) in [5.74, 6) is 1.45. The van der Waals surface area contributed by atoms with Crippen LogP contribution in [0, 0.1) is 0 Å². The monoisotopic (exact) mass is 312 g/mol. The van der Waals surface area contributed by atoms with Crippen LogP contribution in [0.3, 0.4) is 0 Å². The van der Waals surface area contributed by atoms with E-state index in [1.54, 1.807) is 12.1 Å². The topological polar surface area (TPSA) is 50.8 Å². The number of hydrogen-bond acceptors (Lipinski definition) is 4. The van der Waals surface area contributed by atoms with Crippen LogP contribution in [0.15, 0.2) is 48.5 Å². The van der Waals surface area contributed by atoms with Crippen LogP contribution in [0.5, 0.6) is 11.5 Å². The van der Waals surface area contributed by atoms with Crippen LogP contribution in [0.2, 0.25) is 0 Å². The second-order valence-electron chi connectivity index (χ2n) is 5.67. The Balaban J connectivity index is 1.71. The maximum Gasteiger partial charge on any atom is 0.251 e. The summed E-state index contributed by atoms with van der Waals surface area (Å²) in [5, 5.41) is 2.99. The van der Waals surface area contributed by atoms with Crippen LogP contribution >= 0.6 is 0 Å². The highest BCUT2D eigenvalue weighted by atomic mass is 16.7. The Labute approximate surface area is 135 Å². The minimum absolute atomic E-state index is 0.0529. The van der Waals surface area contributed by atoms with Gasteiger partial charge in [-0.25, -0.2) is 0 Å². The van der Waals surface area contributed by atoms with E-state index in [1.807, 2.05) is 50.5 Å². The van der Waals surface area contributed by atoms with Crippen LogP contribution in [-0.4, -0.2) is 38.2 Å². The summed E-state index contributed by atoms with van der Waals surface area (Å²) in [5.41, 5.74) is 1.74. The van der Waals surface area contributed by atoms with E-state index >= 15 is 0 Å². The molecule has 120 valence electrons. The molecule has 23 heavy (non-hydrogen) atoms. The Kier molecular flexibility index (Phi) is 4.48. The quantitative estimate of drug-likeness (QED) is 0.921. The molecule has 0 bridgehead atoms. The Bertz CT molecular complexity index is 686. The third-order valence-corrected chi connectivity index (χ3v) is 3.90. The lowest BCUT2D eigenvalue weighted by atomic mass is 10.0. The Morgan fingerprint density at radius 3 is 2.61 bits per heavy atom. The number of carbonyl (C=O) groups is 1. The van der Waals surface area contributed by atoms with Crippen molar-refractivity contribution in [2.75, 3.05) is 27.4 Å². The molecule has 0 fully saturated rings. The number of amides is 1. The van der Waals surface area contributed by atoms with Crippen molar-refractivity contribution in [2.24, 2.45) is 0 Å². The second kappa shape index (κ2) is 6.71. The van der Waals surface area contributed by atoms with E-state index in [2.05, 4.69) is 10.2 Å². The molecule has 0 saturated heterocycles. The first-order valence-corrected chi connectivity index (χ1v) is 7.54. The fourth-order valence-electron chi connectivity index (χ4n) is 2.60. The standard InChI is InChI=1S/C18H20N2O3/c1-20(2)15(11-19-18(21)13-6-4-3-5-7-13)14-8-9-16-17(10-14)23-12-22-16/h3-10,15H,11-12H2,1-2H3,(H,19,21). The summed E-state index contributed by atoms with van der Waals surface area (Å²) in [6.07, 6.45) is 0. The molecule has 1 aliphatic heterocycles. The average molecular weight is 312 g/mol. The highest BCUT2D eigenvalue weighted by Gasteiger charge is 2.20. The lowest BCUT2D eigenvalue weighted by Gasteiger charge is -2.25. The largest absolute Gasteiger partial charge is 0.454 e. The summed E-state index contributed by atoms with van der Waals surface area (Å²) in [6.45, 7) is 0.774. The van der Waals surface area contributed by atoms with Gasteiger partial charge in [0.2, 0.25) is 6.79 Å². The highest BCUT2D eigenvalue weighted by molar-refractivity contribution is 5.94. The van der Waals surface area contributed by atoms with Crippen LogP contribution in [0.25, 0.3) is 0 Å². The number of rotatable bonds is 5. The Hall–Kier alpha value is -2.53. The number of carbonyl (C=O) groups excluding carboxylic acids is 1. The number of hydrogen-bond donors (Lipinski definition) is 1. The molecule has 0 aliphatic carbocycles. The van der Waals surface area contributed by atoms with Crippen molar-refractivity contribution in [3.8, 4) is 11.5 Å². The molecule has 5 heteroatoms. The molecule has 1 unspecified atom stereocenters. The van der Waals surface area contributed by atoms with Crippen LogP contribution in [0.1, 0.15) is 22.0 Å². The molecule has 1 aliphatic rings. The number of benzene rings is 2. The van der Waals surface area contributed by atoms with E-state index in [0.29, 0.717) is 12.1 Å². The summed E-state index contributed by atoms with van der Waals surface area (Å²) in [4.78, 5) is 14.3. The van der Waals surface area contributed by atoms with Crippen molar-refractivity contribution in [2.45, 2.75) is 6.04 Å². The number of nitrogens with zero attached hydrogens (tertiary/aromatic N) is 1. The van der Waals surface area contributed by atoms with E-state index in [0.717, 1.165) is 17.1 Å². The average Bonchev–Trinajstić information content (AvgIpc) is 3.03. The van der Waals surface area contributed by atoms with E-state index in [9.17, 15) is 4.79 Å². The zero-order chi connectivity index (χ0) is 16.2. The van der Waals surface area contributed by atoms with E-state index < -0.39 is 0 Å². The number of ether oxygens (including phenoxy) is 2. The van der Waals surface area contributed by atoms with Gasteiger partial charge in [0.1, 0.15) is 0 Å². The molecule has 5 nitrogen and oxygen atoms in total. The van der Waals surface area contributed by atoms with Crippen molar-refractivity contribution < 1.29 is 14.3 Å². The number of likely N-dealkylation sites (N-methyl/N-ethyl adjacent to an activating group) is 1. The molecule has 0 aromatic heterocycles. The smallest absolute Gasteiger partial charge is 0.251 e. The molecule has 1 heterocycles. The first kappa shape index (κ1) is 15.4. The van der Waals surface area contributed by atoms with Gasteiger partial charge in [0.05, 0.1) is 6.04 Å². The van der Waals surface area contributed by atoms with E-state index in [-0.39, 0.29) is 18.7 Å². The fourth-order valence-corrected chi connectivity index (χ4v) is 2.60. The molecule has 1 atom stereocenters. The lowest BCUT2D eigenvalue weighted by Crippen LogP contribution is -2.34. The van der Waals surface area contributed by atoms with Gasteiger partial charge in [0.15, 0.2) is 11.5 Å². The molecule has 0 spiro atoms. The fraction of sp³-hybridized carbons (Fsp3) is 0.278. The maximum atomic E-state index is 12.2. The molecule has 2 aromatic rings. The van der Waals surface area contributed by atoms with E-state index in [1.165, 1.54) is 0 Å². The molecule has 1 N–H and O–H groups in total. The molecule has 0 radical (unpaired) electrons. The first-order valence-electron chi connectivity index (χ1n) is 7.54. The van der Waals surface area contributed by atoms with Gasteiger partial charge in [-0.1, -0.05) is 24.3 Å². The van der Waals surface area contributed by atoms with Gasteiger partial charge >= 0.3 is 0 Å². The Morgan fingerprint density at radius 1 is 1.13 bits per heavy atom. The van der Waals surface area contributed by atoms with Crippen LogP contribution in [0.4, 0.5) is 0 Å². The van der Waals surface area contributed by atoms with Crippen LogP contribution < -0.4 is 14.8 Å². The van der Waals surface area contributed by atoms with Crippen molar-refractivity contribution in [1.82, 2.24) is 10.2 Å². The highest BCUT2D eigenvalue weighted by Crippen LogP contribution is 2.34. The molecule has 0 saturated carbocycles. The van der Waals surface area contributed by atoms with Gasteiger partial charge in [-0.05, 0) is 43.9 Å². The van der Waals surface area contributed by atoms with Gasteiger partial charge < -0.3 is 19.7 Å². The van der Waals surface area contributed by atoms with Crippen molar-refractivity contribution in [3.05, 3.63) is 59.7 Å². The normalized spacial score (nSPS) is 13.9. The molecule has 3 rings (SSSR count). The number of fused-ring (bicyclic) bond motifs is 1. The van der Waals surface area contributed by atoms with Gasteiger partial charge in [-0.2, -0.15) is 0 Å². The van der Waals surface area contributed by atoms with Gasteiger partial charge in [-0.3, -0.25) is 4.79 Å². The SMILES string of the molecule is CN(C)C(CNC(=O)c1ccccc1)c1ccc2c(c1)OCO2. The van der Waals surface area contributed by atoms with Gasteiger partial charge in [0.25, 0.3) is 5.91 Å². The van der Waals surface area contributed by atoms with Gasteiger partial charge in [-0.15, -0.1) is 0 Å². The summed E-state index contributed by atoms with van der Waals surface area (Å²) < 4.78 is 10.8. The predicted octanol–water partition coefficient (Wildman–Crippen LogP) is 2.45. The summed E-state index contributed by atoms with van der Waals surface area (Å²) in [6, 6.07) is 15.2. The zero-order valence-electron chi connectivity index (χ0n) is 13.3. The third-order valence-electron chi connectivity index (χ3n) is 3.90. The Morgan fingerprint density at radius 2 is 1.87 bits per heavy atom. The van der Waals surface area contributed by atoms with Gasteiger partial charge in [0, 0.05) is 12.1 Å². The van der Waals surface area contributed by atoms with Crippen molar-refractivity contribution >= 4 is 5.91 Å². The lowest BCUT2D eigenvalue weighted by molar-refractivity contribution is 0.0942. The first-order chi connectivity index (χ1) is 11.1. The van der Waals surface area contributed by atoms with Crippen molar-refractivity contribution in [1.29, 1.82) is 0 Å². The zero-order valence-corrected chi connectivity index (χ0v) is 13.3. The molecular formula is C18H20N2O3. The minimum atomic E-state index is -0.0711. The minimum Gasteiger partial charge on any atom is -0.454 e. The van der Waals surface area contributed by atoms with Crippen molar-refractivity contribution in [3.63, 3.8) is 0 Å². The predicted molar refractivity (Wildman–Crippen MR) is 87.8 cm³/mol. The molecule has 2 aromatic carbocycles. The maximum absolute atomic E-state index is 12.2. The molecular weight excluding hydrogens is 292 g/mol. The number of nitrogens with one attached hydrogen (secondary N) is 1. The third kappa shape index (κ3) is 3.46.